The molecule has 7 rings (SSSR count). The van der Waals surface area contributed by atoms with Crippen molar-refractivity contribution in [1.29, 1.82) is 0 Å². The van der Waals surface area contributed by atoms with Gasteiger partial charge in [0.2, 0.25) is 0 Å². The highest BCUT2D eigenvalue weighted by Crippen LogP contribution is 2.61. The smallest absolute Gasteiger partial charge is 0.185 e. The molecule has 196 valence electrons. The van der Waals surface area contributed by atoms with Crippen LogP contribution in [0.25, 0.3) is 6.08 Å². The Morgan fingerprint density at radius 3 is 2.17 bits per heavy atom. The third kappa shape index (κ3) is 3.30. The average Bonchev–Trinajstić information content (AvgIpc) is 3.39. The molecule has 4 aromatic carbocycles. The van der Waals surface area contributed by atoms with Crippen LogP contribution in [0.4, 0.5) is 5.69 Å². The van der Waals surface area contributed by atoms with Crippen molar-refractivity contribution < 1.29 is 14.4 Å². The second-order valence-electron chi connectivity index (χ2n) is 10.7. The first kappa shape index (κ1) is 25.0. The highest BCUT2D eigenvalue weighted by atomic mass is 35.5. The Hall–Kier alpha value is -3.99. The highest BCUT2D eigenvalue weighted by molar-refractivity contribution is 6.36. The number of ketones is 3. The van der Waals surface area contributed by atoms with Crippen LogP contribution in [0.2, 0.25) is 10.0 Å². The number of carbonyl (C=O) groups excluding carboxylic acids is 3. The molecule has 0 bridgehead atoms. The van der Waals surface area contributed by atoms with E-state index >= 15 is 0 Å². The fourth-order valence-corrected chi connectivity index (χ4v) is 7.47. The van der Waals surface area contributed by atoms with Crippen molar-refractivity contribution in [3.8, 4) is 0 Å². The van der Waals surface area contributed by atoms with Crippen molar-refractivity contribution in [2.75, 3.05) is 4.90 Å². The maximum absolute atomic E-state index is 14.7. The molecule has 6 heteroatoms. The van der Waals surface area contributed by atoms with Crippen molar-refractivity contribution in [3.63, 3.8) is 0 Å². The summed E-state index contributed by atoms with van der Waals surface area (Å²) in [5, 5.41) is 0.741. The van der Waals surface area contributed by atoms with E-state index in [1.54, 1.807) is 54.6 Å². The first-order valence-corrected chi connectivity index (χ1v) is 13.9. The molecule has 1 saturated heterocycles. The Bertz CT molecular complexity index is 1740. The molecule has 0 radical (unpaired) electrons. The monoisotopic (exact) mass is 563 g/mol. The van der Waals surface area contributed by atoms with Crippen LogP contribution in [0.5, 0.6) is 0 Å². The van der Waals surface area contributed by atoms with E-state index in [4.69, 9.17) is 23.2 Å². The van der Waals surface area contributed by atoms with Gasteiger partial charge in [-0.1, -0.05) is 108 Å². The van der Waals surface area contributed by atoms with Crippen LogP contribution < -0.4 is 4.90 Å². The van der Waals surface area contributed by atoms with Gasteiger partial charge in [0, 0.05) is 38.3 Å². The van der Waals surface area contributed by atoms with E-state index in [0.29, 0.717) is 32.3 Å². The third-order valence-corrected chi connectivity index (χ3v) is 9.15. The normalized spacial score (nSPS) is 21.9. The molecule has 0 aromatic heterocycles. The first-order chi connectivity index (χ1) is 19.3. The molecule has 0 amide bonds. The van der Waals surface area contributed by atoms with Crippen molar-refractivity contribution in [2.24, 2.45) is 5.41 Å². The number of aryl methyl sites for hydroxylation is 1. The number of rotatable bonds is 3. The van der Waals surface area contributed by atoms with Crippen LogP contribution in [0.1, 0.15) is 53.7 Å². The topological polar surface area (TPSA) is 54.5 Å². The van der Waals surface area contributed by atoms with Crippen molar-refractivity contribution in [1.82, 2.24) is 0 Å². The summed E-state index contributed by atoms with van der Waals surface area (Å²) < 4.78 is 0. The zero-order valence-electron chi connectivity index (χ0n) is 21.5. The first-order valence-electron chi connectivity index (χ1n) is 13.1. The number of nitrogens with zero attached hydrogens (tertiary/aromatic N) is 1. The molecular weight excluding hydrogens is 541 g/mol. The molecule has 3 aliphatic rings. The molecule has 1 fully saturated rings. The van der Waals surface area contributed by atoms with Gasteiger partial charge >= 0.3 is 0 Å². The quantitative estimate of drug-likeness (QED) is 0.190. The summed E-state index contributed by atoms with van der Waals surface area (Å²) in [7, 11) is 0. The molecule has 2 heterocycles. The molecule has 1 aliphatic carbocycles. The molecule has 0 unspecified atom stereocenters. The van der Waals surface area contributed by atoms with Gasteiger partial charge < -0.3 is 4.90 Å². The number of benzene rings is 4. The van der Waals surface area contributed by atoms with E-state index in [9.17, 15) is 14.4 Å². The van der Waals surface area contributed by atoms with E-state index in [-0.39, 0.29) is 17.3 Å². The van der Waals surface area contributed by atoms with Gasteiger partial charge in [0.15, 0.2) is 17.3 Å². The zero-order valence-corrected chi connectivity index (χ0v) is 23.0. The Morgan fingerprint density at radius 2 is 1.50 bits per heavy atom. The van der Waals surface area contributed by atoms with E-state index in [0.717, 1.165) is 16.8 Å². The largest absolute Gasteiger partial charge is 0.352 e. The third-order valence-electron chi connectivity index (χ3n) is 8.59. The molecule has 0 saturated carbocycles. The predicted octanol–water partition coefficient (Wildman–Crippen LogP) is 7.62. The standard InChI is InChI=1S/C34H23Cl2NO3/c1-19-11-12-20-13-16-28-34(32(39)23-9-5-6-10-24(23)33(34)40)29(25-15-14-22(35)18-26(25)36)30(37(28)27(20)17-19)31(38)21-7-3-2-4-8-21/h2-18,28-30H,1H3/t28-,29+,30+/m0/s1. The Labute approximate surface area is 241 Å². The number of fused-ring (bicyclic) bond motifs is 5. The maximum Gasteiger partial charge on any atom is 0.185 e. The zero-order chi connectivity index (χ0) is 27.8. The summed E-state index contributed by atoms with van der Waals surface area (Å²) in [6.45, 7) is 1.99. The lowest BCUT2D eigenvalue weighted by Crippen LogP contribution is -2.48. The van der Waals surface area contributed by atoms with Gasteiger partial charge in [0.1, 0.15) is 11.5 Å². The number of hydrogen-bond acceptors (Lipinski definition) is 4. The van der Waals surface area contributed by atoms with Crippen molar-refractivity contribution >= 4 is 52.3 Å². The summed E-state index contributed by atoms with van der Waals surface area (Å²) >= 11 is 13.2. The number of carbonyl (C=O) groups is 3. The molecule has 4 aromatic rings. The van der Waals surface area contributed by atoms with E-state index < -0.39 is 23.4 Å². The van der Waals surface area contributed by atoms with Crippen LogP contribution >= 0.6 is 23.2 Å². The molecule has 4 nitrogen and oxygen atoms in total. The minimum Gasteiger partial charge on any atom is -0.352 e. The predicted molar refractivity (Wildman–Crippen MR) is 158 cm³/mol. The van der Waals surface area contributed by atoms with E-state index in [1.165, 1.54) is 0 Å². The summed E-state index contributed by atoms with van der Waals surface area (Å²) in [6.07, 6.45) is 3.87. The summed E-state index contributed by atoms with van der Waals surface area (Å²) in [6, 6.07) is 25.5. The summed E-state index contributed by atoms with van der Waals surface area (Å²) in [5.74, 6) is -1.64. The Kier molecular flexibility index (Phi) is 5.64. The lowest BCUT2D eigenvalue weighted by molar-refractivity contribution is 0.0666. The van der Waals surface area contributed by atoms with Gasteiger partial charge in [-0.05, 0) is 41.8 Å². The van der Waals surface area contributed by atoms with Crippen LogP contribution in [0, 0.1) is 12.3 Å². The lowest BCUT2D eigenvalue weighted by Gasteiger charge is -2.37. The van der Waals surface area contributed by atoms with Gasteiger partial charge in [-0.2, -0.15) is 0 Å². The molecule has 3 atom stereocenters. The second-order valence-corrected chi connectivity index (χ2v) is 11.5. The number of hydrogen-bond donors (Lipinski definition) is 0. The minimum atomic E-state index is -1.60. The molecule has 1 spiro atoms. The van der Waals surface area contributed by atoms with Crippen molar-refractivity contribution in [2.45, 2.75) is 24.9 Å². The molecule has 40 heavy (non-hydrogen) atoms. The van der Waals surface area contributed by atoms with Gasteiger partial charge in [0.25, 0.3) is 0 Å². The summed E-state index contributed by atoms with van der Waals surface area (Å²) in [4.78, 5) is 46.0. The summed E-state index contributed by atoms with van der Waals surface area (Å²) in [5.41, 5.74) is 2.93. The van der Waals surface area contributed by atoms with Gasteiger partial charge in [-0.25, -0.2) is 0 Å². The fraction of sp³-hybridized carbons (Fsp3) is 0.147. The fourth-order valence-electron chi connectivity index (χ4n) is 6.94. The van der Waals surface area contributed by atoms with Crippen LogP contribution in [-0.2, 0) is 0 Å². The van der Waals surface area contributed by atoms with Gasteiger partial charge in [-0.3, -0.25) is 14.4 Å². The van der Waals surface area contributed by atoms with E-state index in [2.05, 4.69) is 0 Å². The Balaban J connectivity index is 1.58. The highest BCUT2D eigenvalue weighted by Gasteiger charge is 2.71. The van der Waals surface area contributed by atoms with Gasteiger partial charge in [0.05, 0.1) is 6.04 Å². The average molecular weight is 564 g/mol. The second kappa shape index (κ2) is 9.02. The van der Waals surface area contributed by atoms with Crippen LogP contribution in [0.15, 0.2) is 97.1 Å². The van der Waals surface area contributed by atoms with E-state index in [1.807, 2.05) is 60.4 Å². The molecule has 2 aliphatic heterocycles. The maximum atomic E-state index is 14.7. The number of anilines is 1. The SMILES string of the molecule is Cc1ccc2c(c1)N1[C@@H](C=C2)C2(C(=O)c3ccccc3C2=O)[C@H](c2ccc(Cl)cc2Cl)[C@@H]1C(=O)c1ccccc1. The molecule has 0 N–H and O–H groups in total. The lowest BCUT2D eigenvalue weighted by atomic mass is 9.64. The minimum absolute atomic E-state index is 0.183. The van der Waals surface area contributed by atoms with Crippen molar-refractivity contribution in [3.05, 3.63) is 140 Å². The Morgan fingerprint density at radius 1 is 0.825 bits per heavy atom. The molecular formula is C34H23Cl2NO3. The number of halogens is 2. The van der Waals surface area contributed by atoms with Crippen LogP contribution in [0.3, 0.4) is 0 Å². The number of Topliss-reactive ketones (excluding diaryl/α,β-unsaturated/α-hetero) is 3. The van der Waals surface area contributed by atoms with Gasteiger partial charge in [-0.15, -0.1) is 0 Å². The van der Waals surface area contributed by atoms with Crippen LogP contribution in [-0.4, -0.2) is 29.4 Å².